The van der Waals surface area contributed by atoms with Crippen LogP contribution in [-0.4, -0.2) is 72.2 Å². The van der Waals surface area contributed by atoms with Gasteiger partial charge in [-0.3, -0.25) is 4.79 Å². The molecule has 32 heavy (non-hydrogen) atoms. The molecule has 0 N–H and O–H groups in total. The first-order valence-electron chi connectivity index (χ1n) is 11.1. The normalized spacial score (nSPS) is 17.1. The zero-order valence-corrected chi connectivity index (χ0v) is 18.3. The van der Waals surface area contributed by atoms with Crippen molar-refractivity contribution < 1.29 is 9.53 Å². The Bertz CT molecular complexity index is 1090. The van der Waals surface area contributed by atoms with Gasteiger partial charge in [0.25, 0.3) is 0 Å². The van der Waals surface area contributed by atoms with Gasteiger partial charge in [0.05, 0.1) is 13.2 Å². The van der Waals surface area contributed by atoms with Crippen LogP contribution >= 0.6 is 0 Å². The van der Waals surface area contributed by atoms with Gasteiger partial charge in [0.2, 0.25) is 5.95 Å². The molecule has 0 saturated carbocycles. The van der Waals surface area contributed by atoms with Crippen molar-refractivity contribution in [3.63, 3.8) is 0 Å². The van der Waals surface area contributed by atoms with Crippen LogP contribution in [-0.2, 0) is 16.1 Å². The summed E-state index contributed by atoms with van der Waals surface area (Å²) >= 11 is 0. The van der Waals surface area contributed by atoms with Gasteiger partial charge in [-0.15, -0.1) is 0 Å². The molecular formula is C23H27N7O2. The first kappa shape index (κ1) is 20.6. The first-order chi connectivity index (χ1) is 15.7. The minimum absolute atomic E-state index is 0.294. The van der Waals surface area contributed by atoms with Crippen molar-refractivity contribution in [1.82, 2.24) is 19.9 Å². The number of anilines is 3. The summed E-state index contributed by atoms with van der Waals surface area (Å²) in [6, 6.07) is 10.3. The van der Waals surface area contributed by atoms with Crippen LogP contribution in [0.4, 0.5) is 17.6 Å². The van der Waals surface area contributed by atoms with Crippen LogP contribution in [0.1, 0.15) is 18.4 Å². The maximum atomic E-state index is 11.8. The smallest absolute Gasteiger partial charge is 0.228 e. The lowest BCUT2D eigenvalue weighted by atomic mass is 10.1. The minimum atomic E-state index is 0.294. The van der Waals surface area contributed by atoms with Crippen molar-refractivity contribution in [2.24, 2.45) is 0 Å². The fourth-order valence-corrected chi connectivity index (χ4v) is 4.21. The molecule has 0 aliphatic carbocycles. The second-order valence-corrected chi connectivity index (χ2v) is 8.21. The fourth-order valence-electron chi connectivity index (χ4n) is 4.21. The molecule has 4 heterocycles. The summed E-state index contributed by atoms with van der Waals surface area (Å²) in [5.74, 6) is 2.50. The number of rotatable bonds is 5. The van der Waals surface area contributed by atoms with Crippen molar-refractivity contribution in [1.29, 1.82) is 0 Å². The highest BCUT2D eigenvalue weighted by Gasteiger charge is 2.25. The number of hydrogen-bond acceptors (Lipinski definition) is 9. The zero-order valence-electron chi connectivity index (χ0n) is 18.3. The number of hydrogen-bond donors (Lipinski definition) is 0. The van der Waals surface area contributed by atoms with E-state index in [1.807, 2.05) is 25.2 Å². The predicted molar refractivity (Wildman–Crippen MR) is 123 cm³/mol. The Morgan fingerprint density at radius 3 is 2.44 bits per heavy atom. The van der Waals surface area contributed by atoms with Gasteiger partial charge in [0, 0.05) is 52.6 Å². The summed E-state index contributed by atoms with van der Waals surface area (Å²) in [6.45, 7) is 4.80. The summed E-state index contributed by atoms with van der Waals surface area (Å²) < 4.78 is 5.55. The molecule has 2 aromatic heterocycles. The van der Waals surface area contributed by atoms with Gasteiger partial charge in [-0.1, -0.05) is 30.3 Å². The number of carbonyl (C=O) groups is 1. The van der Waals surface area contributed by atoms with E-state index in [4.69, 9.17) is 14.7 Å². The Morgan fingerprint density at radius 1 is 0.938 bits per heavy atom. The Morgan fingerprint density at radius 2 is 1.69 bits per heavy atom. The molecule has 9 nitrogen and oxygen atoms in total. The predicted octanol–water partition coefficient (Wildman–Crippen LogP) is 2.06. The molecule has 3 aromatic rings. The van der Waals surface area contributed by atoms with Crippen LogP contribution in [0.5, 0.6) is 0 Å². The Hall–Kier alpha value is -3.33. The van der Waals surface area contributed by atoms with E-state index in [0.717, 1.165) is 35.8 Å². The fraction of sp³-hybridized carbons (Fsp3) is 0.435. The lowest BCUT2D eigenvalue weighted by Crippen LogP contribution is -2.38. The van der Waals surface area contributed by atoms with Gasteiger partial charge in [-0.25, -0.2) is 15.0 Å². The molecule has 2 aliphatic heterocycles. The number of Topliss-reactive ketones (excluding diaryl/α,β-unsaturated/α-hetero) is 1. The zero-order chi connectivity index (χ0) is 21.9. The molecule has 0 amide bonds. The SMILES string of the molecule is CN(Cc1ccccc1)c1ncnc2c(N3CCOCC3)nc(N3CCC(=O)CC3)nc12. The molecule has 2 fully saturated rings. The number of ketones is 1. The summed E-state index contributed by atoms with van der Waals surface area (Å²) in [4.78, 5) is 37.2. The van der Waals surface area contributed by atoms with Gasteiger partial charge in [0.1, 0.15) is 23.1 Å². The number of aromatic nitrogens is 4. The second kappa shape index (κ2) is 9.04. The monoisotopic (exact) mass is 433 g/mol. The molecule has 1 aromatic carbocycles. The van der Waals surface area contributed by atoms with Gasteiger partial charge in [0.15, 0.2) is 11.6 Å². The van der Waals surface area contributed by atoms with Crippen LogP contribution in [0.3, 0.4) is 0 Å². The van der Waals surface area contributed by atoms with Crippen LogP contribution < -0.4 is 14.7 Å². The Balaban J connectivity index is 1.58. The van der Waals surface area contributed by atoms with E-state index in [-0.39, 0.29) is 0 Å². The van der Waals surface area contributed by atoms with E-state index < -0.39 is 0 Å². The molecule has 0 radical (unpaired) electrons. The maximum absolute atomic E-state index is 11.8. The highest BCUT2D eigenvalue weighted by atomic mass is 16.5. The number of morpholine rings is 1. The van der Waals surface area contributed by atoms with Gasteiger partial charge in [-0.05, 0) is 5.56 Å². The maximum Gasteiger partial charge on any atom is 0.228 e. The third-order valence-electron chi connectivity index (χ3n) is 5.97. The Labute approximate surface area is 187 Å². The molecule has 5 rings (SSSR count). The number of fused-ring (bicyclic) bond motifs is 1. The summed E-state index contributed by atoms with van der Waals surface area (Å²) in [5.41, 5.74) is 2.67. The summed E-state index contributed by atoms with van der Waals surface area (Å²) in [6.07, 6.45) is 2.65. The molecule has 0 spiro atoms. The van der Waals surface area contributed by atoms with Crippen LogP contribution in [0.2, 0.25) is 0 Å². The molecule has 9 heteroatoms. The molecule has 166 valence electrons. The number of carbonyl (C=O) groups excluding carboxylic acids is 1. The third-order valence-corrected chi connectivity index (χ3v) is 5.97. The van der Waals surface area contributed by atoms with Crippen molar-refractivity contribution in [2.75, 3.05) is 61.1 Å². The lowest BCUT2D eigenvalue weighted by Gasteiger charge is -2.31. The molecule has 2 aliphatic rings. The summed E-state index contributed by atoms with van der Waals surface area (Å²) in [7, 11) is 2.02. The third kappa shape index (κ3) is 4.20. The first-order valence-corrected chi connectivity index (χ1v) is 11.1. The van der Waals surface area contributed by atoms with Crippen LogP contribution in [0.25, 0.3) is 11.0 Å². The largest absolute Gasteiger partial charge is 0.378 e. The van der Waals surface area contributed by atoms with Gasteiger partial charge >= 0.3 is 0 Å². The Kier molecular flexibility index (Phi) is 5.81. The average molecular weight is 434 g/mol. The van der Waals surface area contributed by atoms with Gasteiger partial charge < -0.3 is 19.4 Å². The van der Waals surface area contributed by atoms with Crippen LogP contribution in [0.15, 0.2) is 36.7 Å². The van der Waals surface area contributed by atoms with Gasteiger partial charge in [-0.2, -0.15) is 4.98 Å². The highest BCUT2D eigenvalue weighted by Crippen LogP contribution is 2.31. The lowest BCUT2D eigenvalue weighted by molar-refractivity contribution is -0.119. The molecular weight excluding hydrogens is 406 g/mol. The minimum Gasteiger partial charge on any atom is -0.378 e. The van der Waals surface area contributed by atoms with E-state index in [1.54, 1.807) is 6.33 Å². The number of ether oxygens (including phenoxy) is 1. The van der Waals surface area contributed by atoms with E-state index in [1.165, 1.54) is 5.56 Å². The van der Waals surface area contributed by atoms with E-state index in [9.17, 15) is 4.79 Å². The van der Waals surface area contributed by atoms with Crippen molar-refractivity contribution >= 4 is 34.4 Å². The average Bonchev–Trinajstić information content (AvgIpc) is 2.84. The van der Waals surface area contributed by atoms with Crippen LogP contribution in [0, 0.1) is 0 Å². The van der Waals surface area contributed by atoms with E-state index in [0.29, 0.717) is 57.4 Å². The molecule has 0 atom stereocenters. The number of nitrogens with zero attached hydrogens (tertiary/aromatic N) is 7. The van der Waals surface area contributed by atoms with E-state index >= 15 is 0 Å². The quantitative estimate of drug-likeness (QED) is 0.600. The topological polar surface area (TPSA) is 87.6 Å². The standard InChI is InChI=1S/C23H27N7O2/c1-28(15-17-5-3-2-4-6-17)21-20-19(24-16-25-21)22(29-11-13-32-14-12-29)27-23(26-20)30-9-7-18(31)8-10-30/h2-6,16H,7-15H2,1H3. The molecule has 0 bridgehead atoms. The van der Waals surface area contributed by atoms with Crippen molar-refractivity contribution in [3.05, 3.63) is 42.2 Å². The van der Waals surface area contributed by atoms with Crippen molar-refractivity contribution in [3.8, 4) is 0 Å². The number of piperidine rings is 1. The second-order valence-electron chi connectivity index (χ2n) is 8.21. The summed E-state index contributed by atoms with van der Waals surface area (Å²) in [5, 5.41) is 0. The van der Waals surface area contributed by atoms with E-state index in [2.05, 4.69) is 36.8 Å². The molecule has 2 saturated heterocycles. The highest BCUT2D eigenvalue weighted by molar-refractivity contribution is 5.94. The number of benzene rings is 1. The molecule has 0 unspecified atom stereocenters. The van der Waals surface area contributed by atoms with Crippen molar-refractivity contribution in [2.45, 2.75) is 19.4 Å².